The first kappa shape index (κ1) is 31.1. The van der Waals surface area contributed by atoms with E-state index in [1.54, 1.807) is 24.3 Å². The third kappa shape index (κ3) is 5.93. The molecule has 5 rings (SSSR count). The Morgan fingerprint density at radius 3 is 2.12 bits per heavy atom. The summed E-state index contributed by atoms with van der Waals surface area (Å²) in [5.74, 6) is 0.629. The number of hydrogen-bond acceptors (Lipinski definition) is 14. The Morgan fingerprint density at radius 1 is 0.767 bits per heavy atom. The molecule has 2 aromatic carbocycles. The van der Waals surface area contributed by atoms with Crippen molar-refractivity contribution in [3.8, 4) is 28.4 Å². The van der Waals surface area contributed by atoms with E-state index in [0.717, 1.165) is 0 Å². The molecule has 2 aliphatic heterocycles. The quantitative estimate of drug-likeness (QED) is 0.191. The largest absolute Gasteiger partial charge is 0.497 e. The van der Waals surface area contributed by atoms with Gasteiger partial charge in [0.25, 0.3) is 0 Å². The van der Waals surface area contributed by atoms with E-state index in [4.69, 9.17) is 32.8 Å². The van der Waals surface area contributed by atoms with E-state index >= 15 is 0 Å². The van der Waals surface area contributed by atoms with Crippen LogP contribution >= 0.6 is 0 Å². The number of hydrogen-bond donors (Lipinski definition) is 6. The van der Waals surface area contributed by atoms with Gasteiger partial charge in [0, 0.05) is 0 Å². The summed E-state index contributed by atoms with van der Waals surface area (Å²) in [5.41, 5.74) is 0.462. The zero-order valence-electron chi connectivity index (χ0n) is 23.5. The van der Waals surface area contributed by atoms with Crippen molar-refractivity contribution in [1.29, 1.82) is 0 Å². The second kappa shape index (κ2) is 12.7. The highest BCUT2D eigenvalue weighted by atomic mass is 16.7. The van der Waals surface area contributed by atoms with Gasteiger partial charge in [-0.1, -0.05) is 12.1 Å². The SMILES string of the molecule is COc1ccc(-c2coc3c(O[C@@H]4O[C@H](CO[C@@H]5O[C@@H](C)[C@H](O)[C@@H](O)[C@H]5O)[C@@H](O)[C@H](O)[C@H]4O)c(OC)ccc3c2=O)cc1. The summed E-state index contributed by atoms with van der Waals surface area (Å²) in [7, 11) is 2.89. The van der Waals surface area contributed by atoms with E-state index in [-0.39, 0.29) is 33.5 Å². The molecule has 14 nitrogen and oxygen atoms in total. The topological polar surface area (TPSA) is 207 Å². The van der Waals surface area contributed by atoms with Crippen LogP contribution in [0.25, 0.3) is 22.1 Å². The maximum absolute atomic E-state index is 13.4. The number of ether oxygens (including phenoxy) is 6. The molecular formula is C29H34O14. The summed E-state index contributed by atoms with van der Waals surface area (Å²) in [5, 5.41) is 62.1. The van der Waals surface area contributed by atoms with Gasteiger partial charge in [-0.3, -0.25) is 4.79 Å². The monoisotopic (exact) mass is 606 g/mol. The number of aliphatic hydroxyl groups excluding tert-OH is 6. The standard InChI is InChI=1S/C29H34O14/c1-12-19(30)22(33)24(35)28(41-12)40-11-18-21(32)23(34)25(36)29(42-18)43-27-17(38-3)9-8-15-20(31)16(10-39-26(15)27)13-4-6-14(37-2)7-5-13/h4-10,12,18-19,21-25,28-30,32-36H,11H2,1-3H3/t12-,18+,19-,21+,22+,23-,24+,25+,28+,29-/m0/s1. The first-order valence-corrected chi connectivity index (χ1v) is 13.5. The third-order valence-electron chi connectivity index (χ3n) is 7.62. The lowest BCUT2D eigenvalue weighted by atomic mass is 9.98. The molecule has 3 aromatic rings. The van der Waals surface area contributed by atoms with Crippen molar-refractivity contribution in [3.05, 3.63) is 52.9 Å². The van der Waals surface area contributed by atoms with Crippen LogP contribution in [0.15, 0.2) is 51.9 Å². The van der Waals surface area contributed by atoms with E-state index in [2.05, 4.69) is 0 Å². The second-order valence-electron chi connectivity index (χ2n) is 10.3. The molecule has 0 radical (unpaired) electrons. The Morgan fingerprint density at radius 2 is 1.44 bits per heavy atom. The fraction of sp³-hybridized carbons (Fsp3) is 0.483. The molecule has 2 saturated heterocycles. The molecule has 43 heavy (non-hydrogen) atoms. The predicted octanol–water partition coefficient (Wildman–Crippen LogP) is -0.492. The summed E-state index contributed by atoms with van der Waals surface area (Å²) in [6.45, 7) is 0.997. The van der Waals surface area contributed by atoms with E-state index in [1.807, 2.05) is 0 Å². The van der Waals surface area contributed by atoms with Crippen LogP contribution < -0.4 is 19.6 Å². The maximum Gasteiger partial charge on any atom is 0.229 e. The number of benzene rings is 2. The molecule has 14 heteroatoms. The van der Waals surface area contributed by atoms with Crippen molar-refractivity contribution in [2.45, 2.75) is 68.3 Å². The maximum atomic E-state index is 13.4. The molecule has 0 spiro atoms. The Kier molecular flexibility index (Phi) is 9.22. The van der Waals surface area contributed by atoms with Crippen LogP contribution in [0.4, 0.5) is 0 Å². The summed E-state index contributed by atoms with van der Waals surface area (Å²) in [6, 6.07) is 9.79. The molecular weight excluding hydrogens is 572 g/mol. The molecule has 0 bridgehead atoms. The average Bonchev–Trinajstić information content (AvgIpc) is 3.02. The van der Waals surface area contributed by atoms with Crippen LogP contribution in [0, 0.1) is 0 Å². The molecule has 3 heterocycles. The Hall–Kier alpha value is -3.31. The van der Waals surface area contributed by atoms with Crippen molar-refractivity contribution >= 4 is 11.0 Å². The summed E-state index contributed by atoms with van der Waals surface area (Å²) >= 11 is 0. The van der Waals surface area contributed by atoms with E-state index in [0.29, 0.717) is 11.3 Å². The smallest absolute Gasteiger partial charge is 0.229 e. The van der Waals surface area contributed by atoms with Gasteiger partial charge in [0.05, 0.1) is 37.9 Å². The van der Waals surface area contributed by atoms with Crippen molar-refractivity contribution in [2.24, 2.45) is 0 Å². The summed E-state index contributed by atoms with van der Waals surface area (Å²) in [4.78, 5) is 13.4. The van der Waals surface area contributed by atoms with Crippen molar-refractivity contribution in [3.63, 3.8) is 0 Å². The highest BCUT2D eigenvalue weighted by Crippen LogP contribution is 2.38. The van der Waals surface area contributed by atoms with Crippen LogP contribution in [0.5, 0.6) is 17.2 Å². The van der Waals surface area contributed by atoms with Gasteiger partial charge in [0.15, 0.2) is 17.6 Å². The van der Waals surface area contributed by atoms with Crippen molar-refractivity contribution in [2.75, 3.05) is 20.8 Å². The fourth-order valence-electron chi connectivity index (χ4n) is 5.01. The van der Waals surface area contributed by atoms with Gasteiger partial charge in [-0.15, -0.1) is 0 Å². The summed E-state index contributed by atoms with van der Waals surface area (Å²) in [6.07, 6.45) is -13.6. The van der Waals surface area contributed by atoms with Crippen LogP contribution in [-0.2, 0) is 14.2 Å². The Labute approximate surface area is 245 Å². The molecule has 1 aromatic heterocycles. The van der Waals surface area contributed by atoms with Gasteiger partial charge in [0.1, 0.15) is 54.7 Å². The Bertz CT molecular complexity index is 1460. The lowest BCUT2D eigenvalue weighted by molar-refractivity contribution is -0.318. The number of methoxy groups -OCH3 is 2. The highest BCUT2D eigenvalue weighted by Gasteiger charge is 2.47. The predicted molar refractivity (Wildman–Crippen MR) is 147 cm³/mol. The second-order valence-corrected chi connectivity index (χ2v) is 10.3. The highest BCUT2D eigenvalue weighted by molar-refractivity contribution is 5.88. The summed E-state index contributed by atoms with van der Waals surface area (Å²) < 4.78 is 38.9. The van der Waals surface area contributed by atoms with Crippen LogP contribution in [-0.4, -0.2) is 113 Å². The molecule has 2 aliphatic rings. The van der Waals surface area contributed by atoms with Crippen LogP contribution in [0.1, 0.15) is 6.92 Å². The normalized spacial score (nSPS) is 32.9. The van der Waals surface area contributed by atoms with Crippen molar-refractivity contribution < 1.29 is 63.5 Å². The first-order valence-electron chi connectivity index (χ1n) is 13.5. The number of fused-ring (bicyclic) bond motifs is 1. The first-order chi connectivity index (χ1) is 20.5. The van der Waals surface area contributed by atoms with Crippen molar-refractivity contribution in [1.82, 2.24) is 0 Å². The van der Waals surface area contributed by atoms with Crippen LogP contribution in [0.3, 0.4) is 0 Å². The minimum absolute atomic E-state index is 0.0221. The molecule has 6 N–H and O–H groups in total. The molecule has 0 amide bonds. The van der Waals surface area contributed by atoms with E-state index in [1.165, 1.54) is 39.5 Å². The molecule has 0 aliphatic carbocycles. The van der Waals surface area contributed by atoms with Gasteiger partial charge >= 0.3 is 0 Å². The molecule has 234 valence electrons. The van der Waals surface area contributed by atoms with Gasteiger partial charge in [-0.25, -0.2) is 0 Å². The zero-order valence-corrected chi connectivity index (χ0v) is 23.5. The molecule has 10 atom stereocenters. The number of rotatable bonds is 8. The fourth-order valence-corrected chi connectivity index (χ4v) is 5.01. The van der Waals surface area contributed by atoms with Gasteiger partial charge in [-0.05, 0) is 36.8 Å². The van der Waals surface area contributed by atoms with Crippen LogP contribution in [0.2, 0.25) is 0 Å². The zero-order chi connectivity index (χ0) is 31.0. The van der Waals surface area contributed by atoms with Gasteiger partial charge in [-0.2, -0.15) is 0 Å². The van der Waals surface area contributed by atoms with E-state index in [9.17, 15) is 35.4 Å². The molecule has 0 unspecified atom stereocenters. The van der Waals surface area contributed by atoms with E-state index < -0.39 is 68.0 Å². The minimum atomic E-state index is -1.76. The molecule has 2 fully saturated rings. The number of aliphatic hydroxyl groups is 6. The molecule has 0 saturated carbocycles. The Balaban J connectivity index is 1.40. The van der Waals surface area contributed by atoms with Gasteiger partial charge in [0.2, 0.25) is 17.5 Å². The third-order valence-corrected chi connectivity index (χ3v) is 7.62. The average molecular weight is 607 g/mol. The minimum Gasteiger partial charge on any atom is -0.497 e. The van der Waals surface area contributed by atoms with Gasteiger partial charge < -0.3 is 63.5 Å². The lowest BCUT2D eigenvalue weighted by Gasteiger charge is -2.42. The lowest BCUT2D eigenvalue weighted by Crippen LogP contribution is -2.61.